The van der Waals surface area contributed by atoms with Crippen molar-refractivity contribution in [3.63, 3.8) is 0 Å². The second kappa shape index (κ2) is 9.09. The predicted octanol–water partition coefficient (Wildman–Crippen LogP) is 4.41. The summed E-state index contributed by atoms with van der Waals surface area (Å²) in [6, 6.07) is 9.20. The van der Waals surface area contributed by atoms with E-state index in [4.69, 9.17) is 21.3 Å². The van der Waals surface area contributed by atoms with Crippen LogP contribution in [-0.2, 0) is 16.6 Å². The molecule has 1 aliphatic rings. The number of hydrogen-bond donors (Lipinski definition) is 1. The van der Waals surface area contributed by atoms with Gasteiger partial charge in [0.2, 0.25) is 10.0 Å². The van der Waals surface area contributed by atoms with Crippen molar-refractivity contribution in [1.29, 1.82) is 0 Å². The van der Waals surface area contributed by atoms with Crippen molar-refractivity contribution in [3.05, 3.63) is 59.8 Å². The van der Waals surface area contributed by atoms with Gasteiger partial charge >= 0.3 is 0 Å². The lowest BCUT2D eigenvalue weighted by atomic mass is 10.1. The van der Waals surface area contributed by atoms with Crippen molar-refractivity contribution in [2.75, 3.05) is 19.3 Å². The molecule has 5 aromatic rings. The number of fused-ring (bicyclic) bond motifs is 2. The maximum Gasteiger partial charge on any atom is 0.214 e. The van der Waals surface area contributed by atoms with Crippen molar-refractivity contribution >= 4 is 43.7 Å². The number of nitrogens with zero attached hydrogens (tertiary/aromatic N) is 6. The van der Waals surface area contributed by atoms with E-state index in [2.05, 4.69) is 20.1 Å². The maximum absolute atomic E-state index is 12.2. The zero-order valence-electron chi connectivity index (χ0n) is 20.2. The van der Waals surface area contributed by atoms with Crippen LogP contribution in [-0.4, -0.2) is 61.8 Å². The summed E-state index contributed by atoms with van der Waals surface area (Å²) in [6.07, 6.45) is 6.03. The Labute approximate surface area is 218 Å². The van der Waals surface area contributed by atoms with Gasteiger partial charge in [-0.15, -0.1) is 0 Å². The van der Waals surface area contributed by atoms with E-state index in [1.807, 2.05) is 37.4 Å². The van der Waals surface area contributed by atoms with Gasteiger partial charge in [-0.05, 0) is 43.5 Å². The Morgan fingerprint density at radius 1 is 1.16 bits per heavy atom. The standard InChI is InChI=1S/C25H24ClN7O3S/c1-15-29-19-4-3-18(9-21(19)30-15)36-23-6-5-20-25(24(23)26)31-22(11-27-20)17-10-28-33(13-17)12-16-7-8-32(2)37(34,35)14-16/h3-6,9-11,13,16H,7-8,12,14H2,1-2H3,(H,29,30). The first-order valence-electron chi connectivity index (χ1n) is 11.8. The Kier molecular flexibility index (Phi) is 5.85. The molecule has 12 heteroatoms. The van der Waals surface area contributed by atoms with E-state index in [1.54, 1.807) is 30.2 Å². The summed E-state index contributed by atoms with van der Waals surface area (Å²) in [5.74, 6) is 2.06. The molecule has 1 unspecified atom stereocenters. The lowest BCUT2D eigenvalue weighted by molar-refractivity contribution is 0.340. The summed E-state index contributed by atoms with van der Waals surface area (Å²) in [5.41, 5.74) is 4.29. The number of imidazole rings is 1. The Morgan fingerprint density at radius 2 is 2.00 bits per heavy atom. The topological polar surface area (TPSA) is 119 Å². The summed E-state index contributed by atoms with van der Waals surface area (Å²) in [7, 11) is -1.58. The minimum Gasteiger partial charge on any atom is -0.456 e. The molecule has 6 rings (SSSR count). The second-order valence-corrected chi connectivity index (χ2v) is 11.8. The number of halogens is 1. The lowest BCUT2D eigenvalue weighted by Gasteiger charge is -2.28. The van der Waals surface area contributed by atoms with Crippen molar-refractivity contribution in [3.8, 4) is 22.8 Å². The first-order valence-corrected chi connectivity index (χ1v) is 13.8. The molecule has 4 heterocycles. The monoisotopic (exact) mass is 537 g/mol. The highest BCUT2D eigenvalue weighted by Crippen LogP contribution is 2.35. The molecule has 3 aromatic heterocycles. The summed E-state index contributed by atoms with van der Waals surface area (Å²) in [5, 5.41) is 4.79. The molecule has 10 nitrogen and oxygen atoms in total. The fourth-order valence-electron chi connectivity index (χ4n) is 4.57. The summed E-state index contributed by atoms with van der Waals surface area (Å²) in [6.45, 7) is 2.95. The first kappa shape index (κ1) is 23.8. The van der Waals surface area contributed by atoms with Gasteiger partial charge in [-0.2, -0.15) is 5.10 Å². The Hall–Kier alpha value is -3.54. The van der Waals surface area contributed by atoms with E-state index in [0.717, 1.165) is 28.8 Å². The van der Waals surface area contributed by atoms with Crippen molar-refractivity contribution in [1.82, 2.24) is 34.0 Å². The molecule has 0 saturated carbocycles. The van der Waals surface area contributed by atoms with E-state index >= 15 is 0 Å². The number of sulfonamides is 1. The van der Waals surface area contributed by atoms with Gasteiger partial charge in [0.25, 0.3) is 0 Å². The van der Waals surface area contributed by atoms with Gasteiger partial charge in [0.05, 0.1) is 40.4 Å². The van der Waals surface area contributed by atoms with Crippen LogP contribution < -0.4 is 4.74 Å². The quantitative estimate of drug-likeness (QED) is 0.353. The number of ether oxygens (including phenoxy) is 1. The number of rotatable bonds is 5. The molecule has 1 fully saturated rings. The lowest BCUT2D eigenvalue weighted by Crippen LogP contribution is -2.40. The molecule has 1 N–H and O–H groups in total. The molecular formula is C25H24ClN7O3S. The normalized spacial score (nSPS) is 18.0. The number of benzene rings is 2. The molecule has 1 atom stereocenters. The zero-order valence-corrected chi connectivity index (χ0v) is 21.8. The van der Waals surface area contributed by atoms with Crippen LogP contribution in [0.3, 0.4) is 0 Å². The smallest absolute Gasteiger partial charge is 0.214 e. The molecule has 37 heavy (non-hydrogen) atoms. The van der Waals surface area contributed by atoms with Gasteiger partial charge in [0.15, 0.2) is 0 Å². The van der Waals surface area contributed by atoms with Crippen molar-refractivity contribution in [2.45, 2.75) is 19.9 Å². The third kappa shape index (κ3) is 4.65. The fourth-order valence-corrected chi connectivity index (χ4v) is 6.31. The number of hydrogen-bond acceptors (Lipinski definition) is 7. The third-order valence-corrected chi connectivity index (χ3v) is 8.96. The van der Waals surface area contributed by atoms with Crippen LogP contribution in [0.15, 0.2) is 48.9 Å². The van der Waals surface area contributed by atoms with Gasteiger partial charge < -0.3 is 9.72 Å². The maximum atomic E-state index is 12.2. The summed E-state index contributed by atoms with van der Waals surface area (Å²) >= 11 is 6.72. The number of aromatic nitrogens is 6. The molecule has 0 aliphatic carbocycles. The molecule has 2 aromatic carbocycles. The van der Waals surface area contributed by atoms with Crippen LogP contribution in [0.2, 0.25) is 5.02 Å². The predicted molar refractivity (Wildman–Crippen MR) is 141 cm³/mol. The average Bonchev–Trinajstić information content (AvgIpc) is 3.48. The minimum absolute atomic E-state index is 0.00989. The van der Waals surface area contributed by atoms with Gasteiger partial charge in [0.1, 0.15) is 27.9 Å². The van der Waals surface area contributed by atoms with E-state index in [-0.39, 0.29) is 11.7 Å². The number of aryl methyl sites for hydroxylation is 1. The average molecular weight is 538 g/mol. The Bertz CT molecular complexity index is 1750. The Balaban J connectivity index is 1.25. The highest BCUT2D eigenvalue weighted by Gasteiger charge is 2.29. The van der Waals surface area contributed by atoms with E-state index in [0.29, 0.717) is 46.3 Å². The Morgan fingerprint density at radius 3 is 2.84 bits per heavy atom. The SMILES string of the molecule is Cc1nc2ccc(Oc3ccc4ncc(-c5cnn(CC6CCN(C)S(=O)(=O)C6)c5)nc4c3Cl)cc2[nH]1. The van der Waals surface area contributed by atoms with Crippen LogP contribution in [0.1, 0.15) is 12.2 Å². The van der Waals surface area contributed by atoms with Gasteiger partial charge in [-0.3, -0.25) is 9.67 Å². The van der Waals surface area contributed by atoms with Gasteiger partial charge in [0, 0.05) is 38.0 Å². The van der Waals surface area contributed by atoms with E-state index in [1.165, 1.54) is 4.31 Å². The van der Waals surface area contributed by atoms with Crippen molar-refractivity contribution < 1.29 is 13.2 Å². The second-order valence-electron chi connectivity index (χ2n) is 9.31. The summed E-state index contributed by atoms with van der Waals surface area (Å²) < 4.78 is 33.7. The van der Waals surface area contributed by atoms with Crippen LogP contribution in [0.5, 0.6) is 11.5 Å². The molecule has 0 amide bonds. The molecule has 0 spiro atoms. The van der Waals surface area contributed by atoms with Crippen LogP contribution in [0.4, 0.5) is 0 Å². The molecule has 0 bridgehead atoms. The highest BCUT2D eigenvalue weighted by molar-refractivity contribution is 7.89. The van der Waals surface area contributed by atoms with Crippen LogP contribution in [0, 0.1) is 12.8 Å². The number of H-pyrrole nitrogens is 1. The molecule has 1 saturated heterocycles. The van der Waals surface area contributed by atoms with Gasteiger partial charge in [-0.1, -0.05) is 11.6 Å². The molecule has 0 radical (unpaired) electrons. The number of nitrogens with one attached hydrogen (secondary N) is 1. The molecule has 190 valence electrons. The van der Waals surface area contributed by atoms with Crippen LogP contribution in [0.25, 0.3) is 33.3 Å². The summed E-state index contributed by atoms with van der Waals surface area (Å²) in [4.78, 5) is 16.9. The number of aromatic amines is 1. The van der Waals surface area contributed by atoms with Crippen molar-refractivity contribution in [2.24, 2.45) is 5.92 Å². The molecular weight excluding hydrogens is 514 g/mol. The minimum atomic E-state index is -3.20. The van der Waals surface area contributed by atoms with Crippen LogP contribution >= 0.6 is 11.6 Å². The third-order valence-electron chi connectivity index (χ3n) is 6.56. The van der Waals surface area contributed by atoms with E-state index in [9.17, 15) is 8.42 Å². The van der Waals surface area contributed by atoms with E-state index < -0.39 is 10.0 Å². The highest BCUT2D eigenvalue weighted by atomic mass is 35.5. The van der Waals surface area contributed by atoms with Gasteiger partial charge in [-0.25, -0.2) is 22.7 Å². The molecule has 1 aliphatic heterocycles. The fraction of sp³-hybridized carbons (Fsp3) is 0.280. The largest absolute Gasteiger partial charge is 0.456 e. The first-order chi connectivity index (χ1) is 17.7. The zero-order chi connectivity index (χ0) is 25.7.